The van der Waals surface area contributed by atoms with Gasteiger partial charge in [0, 0.05) is 4.91 Å². The van der Waals surface area contributed by atoms with Gasteiger partial charge in [-0.3, -0.25) is 0 Å². The first-order valence-electron chi connectivity index (χ1n) is 7.48. The van der Waals surface area contributed by atoms with Gasteiger partial charge in [-0.05, 0) is 5.53 Å². The molecule has 0 saturated carbocycles. The summed E-state index contributed by atoms with van der Waals surface area (Å²) in [6.07, 6.45) is -13.9. The van der Waals surface area contributed by atoms with Crippen molar-refractivity contribution in [2.75, 3.05) is 13.2 Å². The molecule has 0 aliphatic carbocycles. The van der Waals surface area contributed by atoms with Crippen molar-refractivity contribution in [2.24, 2.45) is 5.11 Å². The maximum atomic E-state index is 10.0. The van der Waals surface area contributed by atoms with E-state index < -0.39 is 74.6 Å². The molecule has 13 nitrogen and oxygen atoms in total. The Morgan fingerprint density at radius 1 is 0.800 bits per heavy atom. The van der Waals surface area contributed by atoms with E-state index in [9.17, 15) is 30.6 Å². The standard InChI is InChI=1S/C12H21N3O10/c13-15-14-5-8(20)6(18)3(1-16)23-11(5)25-12-10(22)9(21)7(19)4(2-17)24-12/h3-12,16-22H,1-2H2/t3-,4-,5?,6-,7-,8-,9+,10-,11-,12-/m1/s1. The zero-order chi connectivity index (χ0) is 18.7. The van der Waals surface area contributed by atoms with Crippen LogP contribution in [0.25, 0.3) is 10.4 Å². The average molecular weight is 367 g/mol. The van der Waals surface area contributed by atoms with Crippen molar-refractivity contribution in [3.05, 3.63) is 10.4 Å². The zero-order valence-electron chi connectivity index (χ0n) is 12.9. The molecule has 2 rings (SSSR count). The van der Waals surface area contributed by atoms with Gasteiger partial charge >= 0.3 is 0 Å². The van der Waals surface area contributed by atoms with Crippen molar-refractivity contribution in [1.82, 2.24) is 0 Å². The van der Waals surface area contributed by atoms with E-state index in [0.717, 1.165) is 0 Å². The molecule has 2 saturated heterocycles. The fourth-order valence-electron chi connectivity index (χ4n) is 2.67. The van der Waals surface area contributed by atoms with E-state index in [1.807, 2.05) is 0 Å². The summed E-state index contributed by atoms with van der Waals surface area (Å²) in [5.74, 6) is 0. The molecule has 0 bridgehead atoms. The molecule has 25 heavy (non-hydrogen) atoms. The molecule has 0 aromatic rings. The van der Waals surface area contributed by atoms with Crippen LogP contribution in [0.5, 0.6) is 0 Å². The first-order valence-corrected chi connectivity index (χ1v) is 7.48. The second kappa shape index (κ2) is 8.53. The quantitative estimate of drug-likeness (QED) is 0.141. The number of hydrogen-bond donors (Lipinski definition) is 7. The van der Waals surface area contributed by atoms with Gasteiger partial charge in [0.25, 0.3) is 0 Å². The first-order chi connectivity index (χ1) is 11.8. The summed E-state index contributed by atoms with van der Waals surface area (Å²) in [6.45, 7) is -1.37. The number of aliphatic hydroxyl groups excluding tert-OH is 7. The lowest BCUT2D eigenvalue weighted by molar-refractivity contribution is -0.361. The highest BCUT2D eigenvalue weighted by molar-refractivity contribution is 4.95. The first kappa shape index (κ1) is 20.2. The minimum absolute atomic E-state index is 0.684. The molecule has 0 amide bonds. The van der Waals surface area contributed by atoms with E-state index in [1.165, 1.54) is 0 Å². The minimum Gasteiger partial charge on any atom is -0.394 e. The molecule has 0 spiro atoms. The van der Waals surface area contributed by atoms with Gasteiger partial charge < -0.3 is 50.0 Å². The smallest absolute Gasteiger partial charge is 0.189 e. The highest BCUT2D eigenvalue weighted by Gasteiger charge is 2.49. The van der Waals surface area contributed by atoms with E-state index in [0.29, 0.717) is 0 Å². The van der Waals surface area contributed by atoms with Gasteiger partial charge in [-0.2, -0.15) is 0 Å². The Balaban J connectivity index is 2.18. The summed E-state index contributed by atoms with van der Waals surface area (Å²) >= 11 is 0. The topological polar surface area (TPSA) is 218 Å². The van der Waals surface area contributed by atoms with Gasteiger partial charge in [-0.1, -0.05) is 5.11 Å². The van der Waals surface area contributed by atoms with Crippen LogP contribution in [0.2, 0.25) is 0 Å². The lowest BCUT2D eigenvalue weighted by atomic mass is 9.97. The van der Waals surface area contributed by atoms with Gasteiger partial charge in [0.05, 0.1) is 19.3 Å². The Hall–Kier alpha value is -1.09. The molecule has 7 N–H and O–H groups in total. The molecule has 1 unspecified atom stereocenters. The lowest BCUT2D eigenvalue weighted by Gasteiger charge is -2.44. The number of azide groups is 1. The Bertz CT molecular complexity index is 490. The third kappa shape index (κ3) is 4.02. The summed E-state index contributed by atoms with van der Waals surface area (Å²) in [7, 11) is 0. The zero-order valence-corrected chi connectivity index (χ0v) is 12.9. The van der Waals surface area contributed by atoms with Crippen LogP contribution in [0.1, 0.15) is 0 Å². The fraction of sp³-hybridized carbons (Fsp3) is 1.00. The monoisotopic (exact) mass is 367 g/mol. The maximum absolute atomic E-state index is 10.0. The Morgan fingerprint density at radius 2 is 1.32 bits per heavy atom. The molecule has 0 radical (unpaired) electrons. The molecule has 2 aliphatic heterocycles. The van der Waals surface area contributed by atoms with E-state index in [-0.39, 0.29) is 0 Å². The largest absolute Gasteiger partial charge is 0.394 e. The molecule has 13 heteroatoms. The molecular formula is C12H21N3O10. The molecule has 0 aromatic carbocycles. The SMILES string of the molecule is [N-]=[N+]=NC1[C@@H](O[C@H]2O[C@H](CO)[C@@H](O)[C@H](O)[C@H]2O)O[C@H](CO)[C@@H](O)[C@@H]1O. The highest BCUT2D eigenvalue weighted by Crippen LogP contribution is 2.29. The summed E-state index contributed by atoms with van der Waals surface area (Å²) in [4.78, 5) is 2.51. The number of nitrogens with zero attached hydrogens (tertiary/aromatic N) is 3. The Kier molecular flexibility index (Phi) is 6.90. The molecule has 2 fully saturated rings. The third-order valence-electron chi connectivity index (χ3n) is 4.15. The van der Waals surface area contributed by atoms with Crippen LogP contribution in [0.15, 0.2) is 5.11 Å². The van der Waals surface area contributed by atoms with Crippen LogP contribution >= 0.6 is 0 Å². The molecule has 2 heterocycles. The minimum atomic E-state index is -1.75. The van der Waals surface area contributed by atoms with Crippen LogP contribution in [0.4, 0.5) is 0 Å². The van der Waals surface area contributed by atoms with Crippen LogP contribution in [-0.2, 0) is 14.2 Å². The van der Waals surface area contributed by atoms with E-state index >= 15 is 0 Å². The van der Waals surface area contributed by atoms with Crippen molar-refractivity contribution in [3.8, 4) is 0 Å². The molecule has 10 atom stereocenters. The van der Waals surface area contributed by atoms with E-state index in [4.69, 9.17) is 24.8 Å². The normalized spacial score (nSPS) is 48.0. The molecule has 144 valence electrons. The van der Waals surface area contributed by atoms with Crippen LogP contribution < -0.4 is 0 Å². The van der Waals surface area contributed by atoms with Gasteiger partial charge in [-0.15, -0.1) is 0 Å². The number of aliphatic hydroxyl groups is 7. The maximum Gasteiger partial charge on any atom is 0.189 e. The Morgan fingerprint density at radius 3 is 1.84 bits per heavy atom. The van der Waals surface area contributed by atoms with Crippen LogP contribution in [0.3, 0.4) is 0 Å². The second-order valence-electron chi connectivity index (χ2n) is 5.74. The molecule has 2 aliphatic rings. The van der Waals surface area contributed by atoms with Crippen LogP contribution in [-0.4, -0.2) is 110 Å². The van der Waals surface area contributed by atoms with Crippen molar-refractivity contribution in [2.45, 2.75) is 61.3 Å². The molecule has 0 aromatic heterocycles. The van der Waals surface area contributed by atoms with Crippen LogP contribution in [0, 0.1) is 0 Å². The highest BCUT2D eigenvalue weighted by atomic mass is 16.8. The Labute approximate surface area is 141 Å². The number of hydrogen-bond acceptors (Lipinski definition) is 11. The summed E-state index contributed by atoms with van der Waals surface area (Å²) < 4.78 is 15.6. The second-order valence-corrected chi connectivity index (χ2v) is 5.74. The van der Waals surface area contributed by atoms with Gasteiger partial charge in [0.2, 0.25) is 0 Å². The third-order valence-corrected chi connectivity index (χ3v) is 4.15. The van der Waals surface area contributed by atoms with Crippen molar-refractivity contribution in [1.29, 1.82) is 0 Å². The van der Waals surface area contributed by atoms with Crippen molar-refractivity contribution >= 4 is 0 Å². The van der Waals surface area contributed by atoms with E-state index in [1.54, 1.807) is 0 Å². The van der Waals surface area contributed by atoms with E-state index in [2.05, 4.69) is 10.0 Å². The predicted octanol–water partition coefficient (Wildman–Crippen LogP) is -4.08. The molecular weight excluding hydrogens is 346 g/mol. The number of ether oxygens (including phenoxy) is 3. The van der Waals surface area contributed by atoms with Gasteiger partial charge in [0.1, 0.15) is 42.7 Å². The summed E-state index contributed by atoms with van der Waals surface area (Å²) in [6, 6.07) is -1.45. The number of rotatable bonds is 5. The average Bonchev–Trinajstić information content (AvgIpc) is 2.61. The summed E-state index contributed by atoms with van der Waals surface area (Å²) in [5.41, 5.74) is 8.60. The van der Waals surface area contributed by atoms with Crippen molar-refractivity contribution < 1.29 is 50.0 Å². The predicted molar refractivity (Wildman–Crippen MR) is 75.5 cm³/mol. The van der Waals surface area contributed by atoms with Gasteiger partial charge in [0.15, 0.2) is 12.6 Å². The summed E-state index contributed by atoms with van der Waals surface area (Å²) in [5, 5.41) is 70.8. The fourth-order valence-corrected chi connectivity index (χ4v) is 2.67. The van der Waals surface area contributed by atoms with Gasteiger partial charge in [-0.25, -0.2) is 0 Å². The lowest BCUT2D eigenvalue weighted by Crippen LogP contribution is -2.63. The van der Waals surface area contributed by atoms with Crippen molar-refractivity contribution in [3.63, 3.8) is 0 Å².